The van der Waals surface area contributed by atoms with E-state index in [4.69, 9.17) is 0 Å². The summed E-state index contributed by atoms with van der Waals surface area (Å²) in [6.07, 6.45) is 1.03. The average molecular weight is 349 g/mol. The van der Waals surface area contributed by atoms with Crippen LogP contribution in [0.1, 0.15) is 24.3 Å². The number of halogens is 1. The van der Waals surface area contributed by atoms with Crippen molar-refractivity contribution in [3.63, 3.8) is 0 Å². The molecule has 130 valence electrons. The maximum atomic E-state index is 13.4. The fourth-order valence-electron chi connectivity index (χ4n) is 2.28. The second-order valence-corrected chi connectivity index (χ2v) is 6.78. The average Bonchev–Trinajstić information content (AvgIpc) is 3.06. The smallest absolute Gasteiger partial charge is 0.191 e. The third-order valence-corrected chi connectivity index (χ3v) is 4.42. The largest absolute Gasteiger partial charge is 0.505 e. The van der Waals surface area contributed by atoms with Crippen LogP contribution in [0.15, 0.2) is 40.7 Å². The Bertz CT molecular complexity index is 658. The molecule has 1 aromatic heterocycles. The molecule has 0 amide bonds. The van der Waals surface area contributed by atoms with Crippen LogP contribution in [0.2, 0.25) is 0 Å². The molecule has 0 aliphatic rings. The molecule has 0 bridgehead atoms. The van der Waals surface area contributed by atoms with Gasteiger partial charge in [0, 0.05) is 18.0 Å². The number of phenols is 1. The van der Waals surface area contributed by atoms with Gasteiger partial charge in [0.2, 0.25) is 0 Å². The van der Waals surface area contributed by atoms with Gasteiger partial charge in [0.25, 0.3) is 0 Å². The van der Waals surface area contributed by atoms with E-state index >= 15 is 0 Å². The van der Waals surface area contributed by atoms with Gasteiger partial charge < -0.3 is 15.7 Å². The van der Waals surface area contributed by atoms with Gasteiger partial charge in [0.1, 0.15) is 0 Å². The van der Waals surface area contributed by atoms with Crippen LogP contribution >= 0.6 is 11.3 Å². The molecule has 1 unspecified atom stereocenters. The minimum Gasteiger partial charge on any atom is -0.505 e. The highest BCUT2D eigenvalue weighted by Gasteiger charge is 2.06. The summed E-state index contributed by atoms with van der Waals surface area (Å²) in [6.45, 7) is 6.13. The summed E-state index contributed by atoms with van der Waals surface area (Å²) in [4.78, 5) is 5.85. The van der Waals surface area contributed by atoms with Crippen molar-refractivity contribution in [1.82, 2.24) is 10.6 Å². The molecule has 0 saturated carbocycles. The molecule has 0 radical (unpaired) electrons. The Balaban J connectivity index is 1.88. The molecule has 3 N–H and O–H groups in total. The topological polar surface area (TPSA) is 56.7 Å². The molecule has 0 aliphatic carbocycles. The minimum absolute atomic E-state index is 0.338. The van der Waals surface area contributed by atoms with E-state index in [-0.39, 0.29) is 5.75 Å². The van der Waals surface area contributed by atoms with Gasteiger partial charge in [-0.25, -0.2) is 9.38 Å². The zero-order valence-electron chi connectivity index (χ0n) is 14.1. The maximum Gasteiger partial charge on any atom is 0.191 e. The summed E-state index contributed by atoms with van der Waals surface area (Å²) in [6, 6.07) is 8.55. The van der Waals surface area contributed by atoms with Gasteiger partial charge in [-0.15, -0.1) is 11.3 Å². The summed E-state index contributed by atoms with van der Waals surface area (Å²) in [5.41, 5.74) is 0.717. The zero-order valence-corrected chi connectivity index (χ0v) is 14.9. The Morgan fingerprint density at radius 2 is 2.17 bits per heavy atom. The van der Waals surface area contributed by atoms with Crippen molar-refractivity contribution in [3.8, 4) is 5.75 Å². The van der Waals surface area contributed by atoms with Crippen molar-refractivity contribution in [3.05, 3.63) is 52.0 Å². The van der Waals surface area contributed by atoms with E-state index in [0.29, 0.717) is 24.0 Å². The summed E-state index contributed by atoms with van der Waals surface area (Å²) in [5, 5.41) is 17.8. The van der Waals surface area contributed by atoms with Crippen LogP contribution < -0.4 is 10.6 Å². The lowest BCUT2D eigenvalue weighted by Crippen LogP contribution is -2.39. The first kappa shape index (κ1) is 18.3. The number of nitrogens with one attached hydrogen (secondary N) is 2. The number of hydrogen-bond donors (Lipinski definition) is 3. The van der Waals surface area contributed by atoms with Crippen LogP contribution in [-0.2, 0) is 13.0 Å². The van der Waals surface area contributed by atoms with Crippen molar-refractivity contribution in [2.75, 3.05) is 13.1 Å². The first-order chi connectivity index (χ1) is 11.6. The number of rotatable bonds is 7. The third kappa shape index (κ3) is 5.85. The summed E-state index contributed by atoms with van der Waals surface area (Å²) in [5.74, 6) is 0.239. The van der Waals surface area contributed by atoms with Gasteiger partial charge >= 0.3 is 0 Å². The Labute approximate surface area is 146 Å². The molecule has 0 fully saturated rings. The van der Waals surface area contributed by atoms with Crippen molar-refractivity contribution in [1.29, 1.82) is 0 Å². The highest BCUT2D eigenvalue weighted by Crippen LogP contribution is 2.16. The molecule has 1 heterocycles. The number of nitrogens with zero attached hydrogens (tertiary/aromatic N) is 1. The number of benzene rings is 1. The molecule has 0 aliphatic heterocycles. The minimum atomic E-state index is -0.620. The lowest BCUT2D eigenvalue weighted by Gasteiger charge is -2.15. The molecule has 2 rings (SSSR count). The van der Waals surface area contributed by atoms with Crippen LogP contribution in [0.5, 0.6) is 5.75 Å². The molecule has 0 saturated heterocycles. The first-order valence-electron chi connectivity index (χ1n) is 8.10. The Morgan fingerprint density at radius 3 is 2.83 bits per heavy atom. The predicted molar refractivity (Wildman–Crippen MR) is 98.1 cm³/mol. The summed E-state index contributed by atoms with van der Waals surface area (Å²) < 4.78 is 13.4. The molecule has 4 nitrogen and oxygen atoms in total. The van der Waals surface area contributed by atoms with Gasteiger partial charge in [-0.3, -0.25) is 0 Å². The van der Waals surface area contributed by atoms with E-state index in [9.17, 15) is 9.50 Å². The SMILES string of the molecule is CCNC(=NCc1ccc(O)c(F)c1)NCC(C)Cc1cccs1. The Kier molecular flexibility index (Phi) is 7.06. The van der Waals surface area contributed by atoms with Crippen molar-refractivity contribution < 1.29 is 9.50 Å². The van der Waals surface area contributed by atoms with Gasteiger partial charge in [-0.05, 0) is 48.4 Å². The van der Waals surface area contributed by atoms with E-state index in [1.165, 1.54) is 17.0 Å². The number of hydrogen-bond acceptors (Lipinski definition) is 3. The highest BCUT2D eigenvalue weighted by molar-refractivity contribution is 7.09. The standard InChI is InChI=1S/C18H24FN3OS/c1-3-20-18(21-11-13(2)9-15-5-4-8-24-15)22-12-14-6-7-17(23)16(19)10-14/h4-8,10,13,23H,3,9,11-12H2,1-2H3,(H2,20,21,22). The van der Waals surface area contributed by atoms with E-state index < -0.39 is 5.82 Å². The van der Waals surface area contributed by atoms with Crippen molar-refractivity contribution in [2.45, 2.75) is 26.8 Å². The van der Waals surface area contributed by atoms with Gasteiger partial charge in [-0.1, -0.05) is 19.1 Å². The van der Waals surface area contributed by atoms with Crippen molar-refractivity contribution >= 4 is 17.3 Å². The van der Waals surface area contributed by atoms with Gasteiger partial charge in [0.05, 0.1) is 6.54 Å². The van der Waals surface area contributed by atoms with Crippen LogP contribution in [0.3, 0.4) is 0 Å². The Morgan fingerprint density at radius 1 is 1.33 bits per heavy atom. The monoisotopic (exact) mass is 349 g/mol. The third-order valence-electron chi connectivity index (χ3n) is 3.52. The summed E-state index contributed by atoms with van der Waals surface area (Å²) in [7, 11) is 0. The normalized spacial score (nSPS) is 12.9. The molecule has 0 spiro atoms. The second kappa shape index (κ2) is 9.27. The molecule has 24 heavy (non-hydrogen) atoms. The number of thiophene rings is 1. The predicted octanol–water partition coefficient (Wildman–Crippen LogP) is 3.53. The molecule has 1 atom stereocenters. The maximum absolute atomic E-state index is 13.4. The van der Waals surface area contributed by atoms with Gasteiger partial charge in [0.15, 0.2) is 17.5 Å². The highest BCUT2D eigenvalue weighted by atomic mass is 32.1. The number of aromatic hydroxyl groups is 1. The van der Waals surface area contributed by atoms with Crippen LogP contribution in [0, 0.1) is 11.7 Å². The number of phenolic OH excluding ortho intramolecular Hbond substituents is 1. The number of aliphatic imine (C=N–C) groups is 1. The van der Waals surface area contributed by atoms with E-state index in [2.05, 4.69) is 40.1 Å². The van der Waals surface area contributed by atoms with Crippen LogP contribution in [-0.4, -0.2) is 24.2 Å². The molecular formula is C18H24FN3OS. The van der Waals surface area contributed by atoms with E-state index in [1.54, 1.807) is 17.4 Å². The molecule has 1 aromatic carbocycles. The van der Waals surface area contributed by atoms with Gasteiger partial charge in [-0.2, -0.15) is 0 Å². The fraction of sp³-hybridized carbons (Fsp3) is 0.389. The second-order valence-electron chi connectivity index (χ2n) is 5.75. The Hall–Kier alpha value is -2.08. The van der Waals surface area contributed by atoms with Crippen molar-refractivity contribution in [2.24, 2.45) is 10.9 Å². The quantitative estimate of drug-likeness (QED) is 0.529. The first-order valence-corrected chi connectivity index (χ1v) is 8.98. The van der Waals surface area contributed by atoms with E-state index in [0.717, 1.165) is 19.5 Å². The van der Waals surface area contributed by atoms with Crippen LogP contribution in [0.25, 0.3) is 0 Å². The lowest BCUT2D eigenvalue weighted by molar-refractivity contribution is 0.432. The van der Waals surface area contributed by atoms with E-state index in [1.807, 2.05) is 6.92 Å². The summed E-state index contributed by atoms with van der Waals surface area (Å²) >= 11 is 1.78. The fourth-order valence-corrected chi connectivity index (χ4v) is 3.15. The number of guanidine groups is 1. The molecule has 6 heteroatoms. The van der Waals surface area contributed by atoms with Crippen LogP contribution in [0.4, 0.5) is 4.39 Å². The zero-order chi connectivity index (χ0) is 17.4. The molecule has 2 aromatic rings. The lowest BCUT2D eigenvalue weighted by atomic mass is 10.1. The molecular weight excluding hydrogens is 325 g/mol.